The standard InChI is InChI=1S/C16H24IN3O/c1-3-18-15-12(17)13(10-6-4-5-7-10)19-16(20-15)14(21-2)11-8-9-11/h10-11,14H,3-9H2,1-2H3,(H,18,19,20). The number of hydrogen-bond acceptors (Lipinski definition) is 4. The molecule has 0 saturated heterocycles. The Morgan fingerprint density at radius 1 is 1.24 bits per heavy atom. The molecule has 2 fully saturated rings. The first-order valence-electron chi connectivity index (χ1n) is 8.08. The highest BCUT2D eigenvalue weighted by Crippen LogP contribution is 2.43. The third-order valence-corrected chi connectivity index (χ3v) is 5.60. The number of anilines is 1. The molecule has 21 heavy (non-hydrogen) atoms. The van der Waals surface area contributed by atoms with Gasteiger partial charge in [-0.05, 0) is 61.1 Å². The predicted molar refractivity (Wildman–Crippen MR) is 92.6 cm³/mol. The molecule has 0 spiro atoms. The van der Waals surface area contributed by atoms with Gasteiger partial charge >= 0.3 is 0 Å². The molecule has 1 atom stereocenters. The van der Waals surface area contributed by atoms with E-state index in [9.17, 15) is 0 Å². The summed E-state index contributed by atoms with van der Waals surface area (Å²) in [5.74, 6) is 3.10. The van der Waals surface area contributed by atoms with Gasteiger partial charge < -0.3 is 10.1 Å². The molecule has 0 amide bonds. The van der Waals surface area contributed by atoms with Gasteiger partial charge in [0.1, 0.15) is 11.9 Å². The van der Waals surface area contributed by atoms with E-state index in [0.29, 0.717) is 11.8 Å². The van der Waals surface area contributed by atoms with E-state index in [-0.39, 0.29) is 6.10 Å². The Morgan fingerprint density at radius 2 is 1.95 bits per heavy atom. The lowest BCUT2D eigenvalue weighted by Gasteiger charge is -2.20. The third-order valence-electron chi connectivity index (χ3n) is 4.54. The van der Waals surface area contributed by atoms with Crippen molar-refractivity contribution < 1.29 is 4.74 Å². The van der Waals surface area contributed by atoms with Crippen LogP contribution in [0.2, 0.25) is 0 Å². The molecule has 2 aliphatic carbocycles. The average Bonchev–Trinajstić information content (AvgIpc) is 3.16. The molecular weight excluding hydrogens is 377 g/mol. The number of aromatic nitrogens is 2. The normalized spacial score (nSPS) is 20.7. The van der Waals surface area contributed by atoms with E-state index in [0.717, 1.165) is 18.2 Å². The molecule has 1 unspecified atom stereocenters. The Bertz CT molecular complexity index is 499. The van der Waals surface area contributed by atoms with Gasteiger partial charge in [0.15, 0.2) is 5.82 Å². The summed E-state index contributed by atoms with van der Waals surface area (Å²) in [6.45, 7) is 3.00. The summed E-state index contributed by atoms with van der Waals surface area (Å²) in [6, 6.07) is 0. The fraction of sp³-hybridized carbons (Fsp3) is 0.750. The maximum Gasteiger partial charge on any atom is 0.160 e. The molecule has 0 radical (unpaired) electrons. The number of methoxy groups -OCH3 is 1. The van der Waals surface area contributed by atoms with Gasteiger partial charge in [-0.25, -0.2) is 9.97 Å². The third kappa shape index (κ3) is 3.33. The highest BCUT2D eigenvalue weighted by Gasteiger charge is 2.35. The first-order valence-corrected chi connectivity index (χ1v) is 9.16. The van der Waals surface area contributed by atoms with Gasteiger partial charge in [0.05, 0.1) is 9.26 Å². The Labute approximate surface area is 140 Å². The van der Waals surface area contributed by atoms with Gasteiger partial charge in [-0.1, -0.05) is 12.8 Å². The number of nitrogens with zero attached hydrogens (tertiary/aromatic N) is 2. The number of halogens is 1. The number of rotatable bonds is 6. The maximum atomic E-state index is 5.70. The van der Waals surface area contributed by atoms with Crippen LogP contribution in [0.4, 0.5) is 5.82 Å². The zero-order valence-electron chi connectivity index (χ0n) is 12.9. The van der Waals surface area contributed by atoms with Crippen molar-refractivity contribution in [1.82, 2.24) is 9.97 Å². The summed E-state index contributed by atoms with van der Waals surface area (Å²) in [7, 11) is 1.78. The van der Waals surface area contributed by atoms with Crippen molar-refractivity contribution in [2.45, 2.75) is 57.5 Å². The molecule has 1 aromatic rings. The molecular formula is C16H24IN3O. The Kier molecular flexibility index (Phi) is 4.99. The van der Waals surface area contributed by atoms with E-state index < -0.39 is 0 Å². The first kappa shape index (κ1) is 15.5. The van der Waals surface area contributed by atoms with Crippen LogP contribution in [0.1, 0.15) is 69.0 Å². The van der Waals surface area contributed by atoms with Gasteiger partial charge in [0.25, 0.3) is 0 Å². The second-order valence-corrected chi connectivity index (χ2v) is 7.21. The minimum Gasteiger partial charge on any atom is -0.373 e. The largest absolute Gasteiger partial charge is 0.373 e. The highest BCUT2D eigenvalue weighted by atomic mass is 127. The molecule has 5 heteroatoms. The van der Waals surface area contributed by atoms with Crippen LogP contribution >= 0.6 is 22.6 Å². The molecule has 0 aromatic carbocycles. The first-order chi connectivity index (χ1) is 10.2. The lowest BCUT2D eigenvalue weighted by molar-refractivity contribution is 0.0770. The number of nitrogens with one attached hydrogen (secondary N) is 1. The van der Waals surface area contributed by atoms with E-state index in [2.05, 4.69) is 34.8 Å². The van der Waals surface area contributed by atoms with Crippen LogP contribution in [0, 0.1) is 9.49 Å². The van der Waals surface area contributed by atoms with Crippen LogP contribution in [0.15, 0.2) is 0 Å². The fourth-order valence-electron chi connectivity index (χ4n) is 3.27. The Balaban J connectivity index is 1.98. The van der Waals surface area contributed by atoms with Gasteiger partial charge in [0, 0.05) is 19.6 Å². The lowest BCUT2D eigenvalue weighted by atomic mass is 10.0. The van der Waals surface area contributed by atoms with Crippen molar-refractivity contribution in [3.05, 3.63) is 15.1 Å². The van der Waals surface area contributed by atoms with Crippen molar-refractivity contribution in [2.24, 2.45) is 5.92 Å². The van der Waals surface area contributed by atoms with Crippen LogP contribution in [0.5, 0.6) is 0 Å². The van der Waals surface area contributed by atoms with Crippen molar-refractivity contribution in [2.75, 3.05) is 19.0 Å². The summed E-state index contributed by atoms with van der Waals surface area (Å²) in [5.41, 5.74) is 1.25. The topological polar surface area (TPSA) is 47.0 Å². The molecule has 0 aliphatic heterocycles. The van der Waals surface area contributed by atoms with Crippen LogP contribution < -0.4 is 5.32 Å². The van der Waals surface area contributed by atoms with Crippen LogP contribution in [-0.2, 0) is 4.74 Å². The van der Waals surface area contributed by atoms with Crippen LogP contribution in [0.3, 0.4) is 0 Å². The molecule has 1 N–H and O–H groups in total. The van der Waals surface area contributed by atoms with Crippen molar-refractivity contribution in [1.29, 1.82) is 0 Å². The number of ether oxygens (including phenoxy) is 1. The molecule has 3 rings (SSSR count). The molecule has 0 bridgehead atoms. The predicted octanol–water partition coefficient (Wildman–Crippen LogP) is 4.27. The molecule has 2 saturated carbocycles. The summed E-state index contributed by atoms with van der Waals surface area (Å²) >= 11 is 2.41. The minimum atomic E-state index is 0.0690. The Hall–Kier alpha value is -0.430. The van der Waals surface area contributed by atoms with E-state index in [4.69, 9.17) is 14.7 Å². The zero-order valence-corrected chi connectivity index (χ0v) is 15.0. The fourth-order valence-corrected chi connectivity index (χ4v) is 4.14. The second kappa shape index (κ2) is 6.77. The van der Waals surface area contributed by atoms with E-state index >= 15 is 0 Å². The summed E-state index contributed by atoms with van der Waals surface area (Å²) < 4.78 is 6.90. The summed E-state index contributed by atoms with van der Waals surface area (Å²) in [6.07, 6.45) is 7.73. The van der Waals surface area contributed by atoms with E-state index in [1.54, 1.807) is 7.11 Å². The van der Waals surface area contributed by atoms with Gasteiger partial charge in [0.2, 0.25) is 0 Å². The molecule has 2 aliphatic rings. The summed E-state index contributed by atoms with van der Waals surface area (Å²) in [4.78, 5) is 9.72. The van der Waals surface area contributed by atoms with E-state index in [1.165, 1.54) is 47.8 Å². The molecule has 1 aromatic heterocycles. The smallest absolute Gasteiger partial charge is 0.160 e. The second-order valence-electron chi connectivity index (χ2n) is 6.14. The van der Waals surface area contributed by atoms with Crippen molar-refractivity contribution >= 4 is 28.4 Å². The average molecular weight is 401 g/mol. The van der Waals surface area contributed by atoms with Gasteiger partial charge in [-0.15, -0.1) is 0 Å². The summed E-state index contributed by atoms with van der Waals surface area (Å²) in [5, 5.41) is 3.40. The Morgan fingerprint density at radius 3 is 2.52 bits per heavy atom. The molecule has 116 valence electrons. The number of hydrogen-bond donors (Lipinski definition) is 1. The van der Waals surface area contributed by atoms with E-state index in [1.807, 2.05) is 0 Å². The highest BCUT2D eigenvalue weighted by molar-refractivity contribution is 14.1. The van der Waals surface area contributed by atoms with Crippen LogP contribution in [-0.4, -0.2) is 23.6 Å². The zero-order chi connectivity index (χ0) is 14.8. The molecule has 4 nitrogen and oxygen atoms in total. The molecule has 1 heterocycles. The lowest BCUT2D eigenvalue weighted by Crippen LogP contribution is -2.16. The SMILES string of the molecule is CCNc1nc(C(OC)C2CC2)nc(C2CCCC2)c1I. The monoisotopic (exact) mass is 401 g/mol. The minimum absolute atomic E-state index is 0.0690. The van der Waals surface area contributed by atoms with Crippen molar-refractivity contribution in [3.63, 3.8) is 0 Å². The van der Waals surface area contributed by atoms with Gasteiger partial charge in [-0.3, -0.25) is 0 Å². The quantitative estimate of drug-likeness (QED) is 0.724. The van der Waals surface area contributed by atoms with Crippen molar-refractivity contribution in [3.8, 4) is 0 Å². The maximum absolute atomic E-state index is 5.70. The van der Waals surface area contributed by atoms with Crippen LogP contribution in [0.25, 0.3) is 0 Å². The van der Waals surface area contributed by atoms with Gasteiger partial charge in [-0.2, -0.15) is 0 Å².